The first-order valence-corrected chi connectivity index (χ1v) is 7.44. The van der Waals surface area contributed by atoms with Crippen molar-refractivity contribution in [2.24, 2.45) is 0 Å². The van der Waals surface area contributed by atoms with Crippen molar-refractivity contribution in [2.45, 2.75) is 18.3 Å². The van der Waals surface area contributed by atoms with E-state index in [9.17, 15) is 8.78 Å². The lowest BCUT2D eigenvalue weighted by atomic mass is 9.77. The molecule has 1 aliphatic rings. The van der Waals surface area contributed by atoms with Gasteiger partial charge in [-0.05, 0) is 48.7 Å². The summed E-state index contributed by atoms with van der Waals surface area (Å²) in [5.41, 5.74) is 1.43. The normalized spacial score (nSPS) is 22.2. The first-order valence-electron chi connectivity index (χ1n) is 7.07. The van der Waals surface area contributed by atoms with Crippen LogP contribution in [-0.4, -0.2) is 13.1 Å². The molecule has 1 saturated heterocycles. The van der Waals surface area contributed by atoms with Gasteiger partial charge in [-0.2, -0.15) is 0 Å². The Morgan fingerprint density at radius 3 is 2.62 bits per heavy atom. The van der Waals surface area contributed by atoms with E-state index in [0.29, 0.717) is 17.1 Å². The summed E-state index contributed by atoms with van der Waals surface area (Å²) in [6.45, 7) is 1.50. The first-order chi connectivity index (χ1) is 10.2. The Kier molecular flexibility index (Phi) is 4.22. The average molecular weight is 308 g/mol. The van der Waals surface area contributed by atoms with Gasteiger partial charge in [0.15, 0.2) is 0 Å². The van der Waals surface area contributed by atoms with E-state index in [0.717, 1.165) is 18.5 Å². The number of benzene rings is 2. The van der Waals surface area contributed by atoms with E-state index in [-0.39, 0.29) is 23.5 Å². The van der Waals surface area contributed by atoms with Gasteiger partial charge in [0.2, 0.25) is 0 Å². The molecule has 2 unspecified atom stereocenters. The van der Waals surface area contributed by atoms with E-state index < -0.39 is 0 Å². The Morgan fingerprint density at radius 2 is 1.86 bits per heavy atom. The van der Waals surface area contributed by atoms with Crippen LogP contribution in [0.15, 0.2) is 42.5 Å². The molecule has 0 aliphatic carbocycles. The topological polar surface area (TPSA) is 12.0 Å². The molecule has 2 atom stereocenters. The van der Waals surface area contributed by atoms with Crippen LogP contribution in [0.1, 0.15) is 29.4 Å². The van der Waals surface area contributed by atoms with Crippen LogP contribution in [0.2, 0.25) is 5.02 Å². The summed E-state index contributed by atoms with van der Waals surface area (Å²) in [4.78, 5) is 0. The first kappa shape index (κ1) is 14.5. The molecular formula is C17H16ClF2N. The van der Waals surface area contributed by atoms with Crippen LogP contribution in [0, 0.1) is 11.6 Å². The predicted octanol–water partition coefficient (Wildman–Crippen LogP) is 4.48. The van der Waals surface area contributed by atoms with Crippen molar-refractivity contribution >= 4 is 11.6 Å². The van der Waals surface area contributed by atoms with Crippen LogP contribution < -0.4 is 5.32 Å². The van der Waals surface area contributed by atoms with Crippen molar-refractivity contribution in [2.75, 3.05) is 13.1 Å². The van der Waals surface area contributed by atoms with Crippen molar-refractivity contribution in [3.05, 3.63) is 70.2 Å². The smallest absolute Gasteiger partial charge is 0.128 e. The van der Waals surface area contributed by atoms with Crippen molar-refractivity contribution in [3.63, 3.8) is 0 Å². The lowest BCUT2D eigenvalue weighted by molar-refractivity contribution is 0.392. The fraction of sp³-hybridized carbons (Fsp3) is 0.294. The fourth-order valence-corrected chi connectivity index (χ4v) is 3.46. The molecule has 0 spiro atoms. The molecule has 0 amide bonds. The van der Waals surface area contributed by atoms with Crippen LogP contribution in [0.3, 0.4) is 0 Å². The maximum absolute atomic E-state index is 14.2. The molecule has 4 heteroatoms. The number of hydrogen-bond donors (Lipinski definition) is 1. The molecule has 0 aromatic heterocycles. The van der Waals surface area contributed by atoms with E-state index in [1.165, 1.54) is 18.2 Å². The molecule has 1 fully saturated rings. The van der Waals surface area contributed by atoms with Gasteiger partial charge in [-0.3, -0.25) is 0 Å². The maximum Gasteiger partial charge on any atom is 0.128 e. The summed E-state index contributed by atoms with van der Waals surface area (Å²) in [6, 6.07) is 11.3. The molecule has 2 aromatic carbocycles. The third-order valence-electron chi connectivity index (χ3n) is 4.13. The van der Waals surface area contributed by atoms with Gasteiger partial charge in [-0.1, -0.05) is 29.8 Å². The van der Waals surface area contributed by atoms with Gasteiger partial charge in [-0.25, -0.2) is 8.78 Å². The summed E-state index contributed by atoms with van der Waals surface area (Å²) in [5.74, 6) is -0.571. The second-order valence-corrected chi connectivity index (χ2v) is 5.80. The summed E-state index contributed by atoms with van der Waals surface area (Å²) < 4.78 is 27.7. The number of rotatable bonds is 2. The quantitative estimate of drug-likeness (QED) is 0.862. The van der Waals surface area contributed by atoms with Crippen LogP contribution in [0.5, 0.6) is 0 Å². The zero-order valence-corrected chi connectivity index (χ0v) is 12.2. The van der Waals surface area contributed by atoms with Gasteiger partial charge >= 0.3 is 0 Å². The van der Waals surface area contributed by atoms with Crippen molar-refractivity contribution in [3.8, 4) is 0 Å². The highest BCUT2D eigenvalue weighted by Crippen LogP contribution is 2.41. The number of hydrogen-bond acceptors (Lipinski definition) is 1. The van der Waals surface area contributed by atoms with Gasteiger partial charge in [0.1, 0.15) is 11.6 Å². The molecule has 0 radical (unpaired) electrons. The molecule has 0 saturated carbocycles. The van der Waals surface area contributed by atoms with Crippen molar-refractivity contribution in [1.82, 2.24) is 5.32 Å². The Bertz CT molecular complexity index is 624. The van der Waals surface area contributed by atoms with Crippen LogP contribution in [-0.2, 0) is 0 Å². The summed E-state index contributed by atoms with van der Waals surface area (Å²) in [5, 5.41) is 3.75. The third kappa shape index (κ3) is 2.94. The fourth-order valence-electron chi connectivity index (χ4n) is 3.16. The summed E-state index contributed by atoms with van der Waals surface area (Å²) in [6.07, 6.45) is 0.780. The third-order valence-corrected chi connectivity index (χ3v) is 4.46. The van der Waals surface area contributed by atoms with Gasteiger partial charge in [0.05, 0.1) is 0 Å². The monoisotopic (exact) mass is 307 g/mol. The zero-order valence-electron chi connectivity index (χ0n) is 11.5. The van der Waals surface area contributed by atoms with Gasteiger partial charge in [0.25, 0.3) is 0 Å². The minimum atomic E-state index is -0.282. The van der Waals surface area contributed by atoms with Crippen LogP contribution >= 0.6 is 11.6 Å². The van der Waals surface area contributed by atoms with Gasteiger partial charge in [0, 0.05) is 23.0 Å². The van der Waals surface area contributed by atoms with E-state index >= 15 is 0 Å². The molecule has 1 nitrogen and oxygen atoms in total. The standard InChI is InChI=1S/C17H16ClF2N/c18-15-5-2-6-16(20)17(15)13-7-8-21-10-14(13)11-3-1-4-12(19)9-11/h1-6,9,13-14,21H,7-8,10H2. The lowest BCUT2D eigenvalue weighted by Gasteiger charge is -2.33. The summed E-state index contributed by atoms with van der Waals surface area (Å²) >= 11 is 6.21. The highest BCUT2D eigenvalue weighted by molar-refractivity contribution is 6.31. The zero-order chi connectivity index (χ0) is 14.8. The Hall–Kier alpha value is -1.45. The highest BCUT2D eigenvalue weighted by Gasteiger charge is 2.31. The molecule has 0 bridgehead atoms. The lowest BCUT2D eigenvalue weighted by Crippen LogP contribution is -2.34. The molecule has 1 heterocycles. The number of nitrogens with one attached hydrogen (secondary N) is 1. The molecule has 2 aromatic rings. The largest absolute Gasteiger partial charge is 0.316 e. The second-order valence-electron chi connectivity index (χ2n) is 5.40. The maximum atomic E-state index is 14.2. The SMILES string of the molecule is Fc1cccc(C2CNCCC2c2c(F)cccc2Cl)c1. The number of piperidine rings is 1. The Labute approximate surface area is 127 Å². The molecular weight excluding hydrogens is 292 g/mol. The van der Waals surface area contributed by atoms with E-state index in [1.54, 1.807) is 18.2 Å². The minimum absolute atomic E-state index is 0.0175. The molecule has 110 valence electrons. The van der Waals surface area contributed by atoms with E-state index in [2.05, 4.69) is 5.32 Å². The summed E-state index contributed by atoms with van der Waals surface area (Å²) in [7, 11) is 0. The number of halogens is 3. The molecule has 1 N–H and O–H groups in total. The average Bonchev–Trinajstić information content (AvgIpc) is 2.47. The highest BCUT2D eigenvalue weighted by atomic mass is 35.5. The van der Waals surface area contributed by atoms with E-state index in [1.807, 2.05) is 6.07 Å². The molecule has 3 rings (SSSR count). The van der Waals surface area contributed by atoms with Gasteiger partial charge in [-0.15, -0.1) is 0 Å². The minimum Gasteiger partial charge on any atom is -0.316 e. The van der Waals surface area contributed by atoms with Crippen LogP contribution in [0.25, 0.3) is 0 Å². The van der Waals surface area contributed by atoms with Crippen molar-refractivity contribution < 1.29 is 8.78 Å². The Morgan fingerprint density at radius 1 is 1.05 bits per heavy atom. The molecule has 1 aliphatic heterocycles. The molecule has 21 heavy (non-hydrogen) atoms. The van der Waals surface area contributed by atoms with Crippen molar-refractivity contribution in [1.29, 1.82) is 0 Å². The Balaban J connectivity index is 2.02. The van der Waals surface area contributed by atoms with Gasteiger partial charge < -0.3 is 5.32 Å². The second kappa shape index (κ2) is 6.12. The van der Waals surface area contributed by atoms with Crippen LogP contribution in [0.4, 0.5) is 8.78 Å². The predicted molar refractivity (Wildman–Crippen MR) is 80.8 cm³/mol. The van der Waals surface area contributed by atoms with E-state index in [4.69, 9.17) is 11.6 Å².